The average Bonchev–Trinajstić information content (AvgIpc) is 2.73. The molecule has 0 aliphatic heterocycles. The minimum Gasteiger partial charge on any atom is -0.143 e. The van der Waals surface area contributed by atoms with Gasteiger partial charge in [0.15, 0.2) is 0 Å². The molecule has 0 amide bonds. The van der Waals surface area contributed by atoms with E-state index in [1.807, 2.05) is 0 Å². The number of hydrogen-bond acceptors (Lipinski definition) is 3. The standard InChI is InChI=1S/C8H12N2S.C6H7Br/c1-5-3-7(4-5)8-6(2)11-10-9-8;7-6-4-2-1-3-5-6/h5,7H,3-4H2,1-2H3;1-2,4H,3,5H2. The van der Waals surface area contributed by atoms with E-state index >= 15 is 0 Å². The van der Waals surface area contributed by atoms with Crippen molar-refractivity contribution in [2.75, 3.05) is 0 Å². The minimum atomic E-state index is 0.726. The van der Waals surface area contributed by atoms with Gasteiger partial charge in [-0.2, -0.15) is 0 Å². The highest BCUT2D eigenvalue weighted by Crippen LogP contribution is 2.41. The maximum atomic E-state index is 4.14. The molecule has 4 heteroatoms. The van der Waals surface area contributed by atoms with Crippen LogP contribution in [0, 0.1) is 12.8 Å². The first-order valence-corrected chi connectivity index (χ1v) is 8.03. The summed E-state index contributed by atoms with van der Waals surface area (Å²) in [4.78, 5) is 1.31. The topological polar surface area (TPSA) is 25.8 Å². The number of allylic oxidation sites excluding steroid dienone is 4. The third kappa shape index (κ3) is 3.75. The Hall–Kier alpha value is -0.480. The van der Waals surface area contributed by atoms with E-state index in [4.69, 9.17) is 0 Å². The first kappa shape index (κ1) is 13.9. The highest BCUT2D eigenvalue weighted by molar-refractivity contribution is 9.11. The van der Waals surface area contributed by atoms with Crippen LogP contribution in [0.1, 0.15) is 49.1 Å². The molecule has 0 spiro atoms. The van der Waals surface area contributed by atoms with E-state index in [1.54, 1.807) is 0 Å². The molecule has 0 bridgehead atoms. The van der Waals surface area contributed by atoms with Gasteiger partial charge in [0.1, 0.15) is 0 Å². The molecular weight excluding hydrogens is 308 g/mol. The molecule has 0 radical (unpaired) electrons. The van der Waals surface area contributed by atoms with Gasteiger partial charge >= 0.3 is 0 Å². The Morgan fingerprint density at radius 3 is 2.56 bits per heavy atom. The van der Waals surface area contributed by atoms with Crippen LogP contribution in [0.4, 0.5) is 0 Å². The molecule has 98 valence electrons. The van der Waals surface area contributed by atoms with E-state index in [0.29, 0.717) is 0 Å². The van der Waals surface area contributed by atoms with Gasteiger partial charge in [-0.3, -0.25) is 0 Å². The van der Waals surface area contributed by atoms with Crippen LogP contribution in [0.15, 0.2) is 22.7 Å². The summed E-state index contributed by atoms with van der Waals surface area (Å²) in [6.07, 6.45) is 11.3. The monoisotopic (exact) mass is 326 g/mol. The van der Waals surface area contributed by atoms with Crippen LogP contribution in [0.25, 0.3) is 0 Å². The second-order valence-electron chi connectivity index (χ2n) is 5.07. The van der Waals surface area contributed by atoms with Crippen molar-refractivity contribution in [3.8, 4) is 0 Å². The van der Waals surface area contributed by atoms with Gasteiger partial charge in [-0.25, -0.2) is 0 Å². The largest absolute Gasteiger partial charge is 0.143 e. The molecule has 0 saturated heterocycles. The Bertz CT molecular complexity index is 444. The molecule has 2 nitrogen and oxygen atoms in total. The first-order chi connectivity index (χ1) is 8.66. The normalized spacial score (nSPS) is 25.8. The van der Waals surface area contributed by atoms with Crippen LogP contribution < -0.4 is 0 Å². The third-order valence-corrected chi connectivity index (χ3v) is 4.72. The summed E-state index contributed by atoms with van der Waals surface area (Å²) < 4.78 is 5.26. The summed E-state index contributed by atoms with van der Waals surface area (Å²) >= 11 is 4.92. The summed E-state index contributed by atoms with van der Waals surface area (Å²) in [5.41, 5.74) is 1.26. The number of aromatic nitrogens is 2. The van der Waals surface area contributed by atoms with Gasteiger partial charge in [-0.1, -0.05) is 45.6 Å². The van der Waals surface area contributed by atoms with E-state index in [2.05, 4.69) is 57.6 Å². The highest BCUT2D eigenvalue weighted by Gasteiger charge is 2.29. The molecule has 1 saturated carbocycles. The van der Waals surface area contributed by atoms with Gasteiger partial charge in [0, 0.05) is 10.8 Å². The van der Waals surface area contributed by atoms with E-state index < -0.39 is 0 Å². The summed E-state index contributed by atoms with van der Waals surface area (Å²) in [7, 11) is 0. The Morgan fingerprint density at radius 1 is 1.39 bits per heavy atom. The van der Waals surface area contributed by atoms with Crippen LogP contribution in [0.3, 0.4) is 0 Å². The smallest absolute Gasteiger partial charge is 0.0815 e. The van der Waals surface area contributed by atoms with Gasteiger partial charge in [0.2, 0.25) is 0 Å². The molecule has 18 heavy (non-hydrogen) atoms. The lowest BCUT2D eigenvalue weighted by Crippen LogP contribution is -2.19. The van der Waals surface area contributed by atoms with Gasteiger partial charge in [-0.05, 0) is 54.5 Å². The van der Waals surface area contributed by atoms with Crippen molar-refractivity contribution < 1.29 is 0 Å². The lowest BCUT2D eigenvalue weighted by Gasteiger charge is -2.31. The van der Waals surface area contributed by atoms with Gasteiger partial charge in [-0.15, -0.1) is 5.10 Å². The van der Waals surface area contributed by atoms with E-state index in [9.17, 15) is 0 Å². The number of rotatable bonds is 1. The fourth-order valence-corrected chi connectivity index (χ4v) is 3.24. The van der Waals surface area contributed by atoms with E-state index in [-0.39, 0.29) is 0 Å². The van der Waals surface area contributed by atoms with Crippen LogP contribution in [-0.2, 0) is 0 Å². The quantitative estimate of drug-likeness (QED) is 0.727. The molecule has 3 rings (SSSR count). The molecule has 0 N–H and O–H groups in total. The molecule has 0 unspecified atom stereocenters. The fraction of sp³-hybridized carbons (Fsp3) is 0.571. The summed E-state index contributed by atoms with van der Waals surface area (Å²) in [6.45, 7) is 4.41. The molecule has 2 aliphatic rings. The molecular formula is C14H19BrN2S. The Morgan fingerprint density at radius 2 is 2.17 bits per heavy atom. The zero-order chi connectivity index (χ0) is 13.0. The summed E-state index contributed by atoms with van der Waals surface area (Å²) in [6, 6.07) is 0. The predicted molar refractivity (Wildman–Crippen MR) is 81.2 cm³/mol. The number of nitrogens with zero attached hydrogens (tertiary/aromatic N) is 2. The first-order valence-electron chi connectivity index (χ1n) is 6.47. The molecule has 0 atom stereocenters. The van der Waals surface area contributed by atoms with Crippen LogP contribution in [-0.4, -0.2) is 9.59 Å². The number of halogens is 1. The van der Waals surface area contributed by atoms with Crippen molar-refractivity contribution in [1.82, 2.24) is 9.59 Å². The predicted octanol–water partition coefficient (Wildman–Crippen LogP) is 4.98. The van der Waals surface area contributed by atoms with Gasteiger partial charge < -0.3 is 0 Å². The Kier molecular flexibility index (Phi) is 5.13. The zero-order valence-corrected chi connectivity index (χ0v) is 13.3. The van der Waals surface area contributed by atoms with Crippen molar-refractivity contribution in [1.29, 1.82) is 0 Å². The lowest BCUT2D eigenvalue weighted by atomic mass is 9.74. The minimum absolute atomic E-state index is 0.726. The Labute approximate surface area is 121 Å². The van der Waals surface area contributed by atoms with Crippen molar-refractivity contribution in [3.05, 3.63) is 33.3 Å². The SMILES string of the molecule is BrC1=CC=CCC1.Cc1snnc1C1CC(C)C1. The van der Waals surface area contributed by atoms with Crippen LogP contribution in [0.2, 0.25) is 0 Å². The van der Waals surface area contributed by atoms with Crippen molar-refractivity contribution in [2.45, 2.75) is 45.4 Å². The summed E-state index contributed by atoms with van der Waals surface area (Å²) in [5.74, 6) is 1.63. The molecule has 1 aromatic rings. The van der Waals surface area contributed by atoms with Crippen LogP contribution >= 0.6 is 27.5 Å². The van der Waals surface area contributed by atoms with Crippen molar-refractivity contribution >= 4 is 27.5 Å². The lowest BCUT2D eigenvalue weighted by molar-refractivity contribution is 0.282. The number of hydrogen-bond donors (Lipinski definition) is 0. The number of aryl methyl sites for hydroxylation is 1. The second-order valence-corrected chi connectivity index (χ2v) is 7.05. The zero-order valence-electron chi connectivity index (χ0n) is 10.9. The van der Waals surface area contributed by atoms with Gasteiger partial charge in [0.25, 0.3) is 0 Å². The molecule has 0 aromatic carbocycles. The van der Waals surface area contributed by atoms with Crippen molar-refractivity contribution in [3.63, 3.8) is 0 Å². The fourth-order valence-electron chi connectivity index (χ4n) is 2.31. The molecule has 1 aromatic heterocycles. The van der Waals surface area contributed by atoms with Gasteiger partial charge in [0.05, 0.1) is 5.69 Å². The second kappa shape index (κ2) is 6.62. The van der Waals surface area contributed by atoms with Crippen LogP contribution in [0.5, 0.6) is 0 Å². The van der Waals surface area contributed by atoms with Crippen molar-refractivity contribution in [2.24, 2.45) is 5.92 Å². The molecule has 1 fully saturated rings. The maximum absolute atomic E-state index is 4.14. The summed E-state index contributed by atoms with van der Waals surface area (Å²) in [5, 5.41) is 4.14. The van der Waals surface area contributed by atoms with E-state index in [1.165, 1.54) is 52.3 Å². The average molecular weight is 327 g/mol. The Balaban J connectivity index is 0.000000149. The molecule has 1 heterocycles. The molecule has 2 aliphatic carbocycles. The maximum Gasteiger partial charge on any atom is 0.0815 e. The third-order valence-electron chi connectivity index (χ3n) is 3.41. The van der Waals surface area contributed by atoms with E-state index in [0.717, 1.165) is 11.8 Å². The highest BCUT2D eigenvalue weighted by atomic mass is 79.9.